The smallest absolute Gasteiger partial charge is 0.416 e. The minimum absolute atomic E-state index is 0.0125. The van der Waals surface area contributed by atoms with Gasteiger partial charge in [-0.2, -0.15) is 0 Å². The van der Waals surface area contributed by atoms with Crippen molar-refractivity contribution in [1.29, 1.82) is 0 Å². The summed E-state index contributed by atoms with van der Waals surface area (Å²) in [6, 6.07) is 16.3. The van der Waals surface area contributed by atoms with Gasteiger partial charge >= 0.3 is 12.2 Å². The molecule has 0 saturated carbocycles. The topological polar surface area (TPSA) is 441 Å². The highest BCUT2D eigenvalue weighted by Crippen LogP contribution is 2.44. The normalized spacial score (nSPS) is 17.0. The summed E-state index contributed by atoms with van der Waals surface area (Å²) in [5.41, 5.74) is 4.87. The number of ketones is 5. The van der Waals surface area contributed by atoms with Crippen molar-refractivity contribution >= 4 is 87.9 Å². The van der Waals surface area contributed by atoms with E-state index in [0.29, 0.717) is 171 Å². The molecule has 5 aliphatic rings. The first-order valence-corrected chi connectivity index (χ1v) is 47.9. The first-order valence-electron chi connectivity index (χ1n) is 47.9. The fourth-order valence-electron chi connectivity index (χ4n) is 16.1. The average Bonchev–Trinajstić information content (AvgIpc) is 1.61. The molecular formula is C102H139N7O30. The van der Waals surface area contributed by atoms with Gasteiger partial charge in [0.15, 0.2) is 35.5 Å². The lowest BCUT2D eigenvalue weighted by atomic mass is 9.88. The van der Waals surface area contributed by atoms with Crippen LogP contribution >= 0.6 is 0 Å². The summed E-state index contributed by atoms with van der Waals surface area (Å²) < 4.78 is 84.9. The number of nitrogens with one attached hydrogen (secondary N) is 2. The van der Waals surface area contributed by atoms with E-state index in [4.69, 9.17) is 71.1 Å². The van der Waals surface area contributed by atoms with Gasteiger partial charge in [0.1, 0.15) is 36.3 Å². The number of hydrogen-bond donors (Lipinski definition) is 4. The third kappa shape index (κ3) is 35.0. The van der Waals surface area contributed by atoms with Gasteiger partial charge < -0.3 is 102 Å². The molecule has 4 aromatic rings. The quantitative estimate of drug-likeness (QED) is 0.0236. The van der Waals surface area contributed by atoms with Crippen LogP contribution in [0.15, 0.2) is 108 Å². The largest absolute Gasteiger partial charge is 0.493 e. The zero-order chi connectivity index (χ0) is 100. The second-order valence-corrected chi connectivity index (χ2v) is 35.6. The molecule has 37 heteroatoms. The average molecular weight is 1940 g/mol. The van der Waals surface area contributed by atoms with Gasteiger partial charge in [0.2, 0.25) is 11.8 Å². The standard InChI is InChI=1S/C102H139N7O30/c1-66(2)80(57-78(111)28-34-128-37-36-125-10)95(117)103-71(8)88(113)55-73-17-21-75(22-18-73)64-138-101(123)108-84-60-90(70(7)54-82(84)97(119)106-62-68(5)52-86(106)99(108)121)136-32-13-12-14-33-137-92-61-85-83(59-91(92)126-11)98(120)107-63-69(6)53-87(107)100(122)109(85)102(124)139-65-76-23-19-74(20-24-76)56-89(114)72(9)104-96(118)81(67(3)4)58-79(112)29-35-129-39-41-131-43-45-133-47-49-135-51-50-134-48-46-132-44-42-130-40-38-127-31-15-16-77(110)27-30-105-93(115)25-26-94(105)116/h17-26,54,59-63,66-67,71-72,80-81,86-87,99-100,121-122H,12-16,27-53,55-58,64-65H2,1-11H3,(H,103,117)(H,104,118)/t71-,72-,80-,81-,86+,87+,99+,100+/m1/s1. The molecule has 762 valence electrons. The molecule has 8 atom stereocenters. The van der Waals surface area contributed by atoms with Crippen LogP contribution in [0.3, 0.4) is 0 Å². The number of ether oxygens (including phenoxy) is 15. The van der Waals surface area contributed by atoms with E-state index in [1.165, 1.54) is 41.2 Å². The van der Waals surface area contributed by atoms with Crippen molar-refractivity contribution in [1.82, 2.24) is 25.3 Å². The van der Waals surface area contributed by atoms with Crippen molar-refractivity contribution in [3.8, 4) is 17.2 Å². The highest BCUT2D eigenvalue weighted by molar-refractivity contribution is 6.13. The van der Waals surface area contributed by atoms with Gasteiger partial charge in [-0.15, -0.1) is 0 Å². The van der Waals surface area contributed by atoms with Crippen molar-refractivity contribution < 1.29 is 144 Å². The van der Waals surface area contributed by atoms with Crippen molar-refractivity contribution in [2.75, 3.05) is 169 Å². The van der Waals surface area contributed by atoms with Gasteiger partial charge in [-0.25, -0.2) is 19.4 Å². The van der Waals surface area contributed by atoms with Crippen LogP contribution in [-0.2, 0) is 126 Å². The number of hydrogen-bond acceptors (Lipinski definition) is 30. The van der Waals surface area contributed by atoms with Crippen LogP contribution in [0.5, 0.6) is 17.2 Å². The number of fused-ring (bicyclic) bond motifs is 4. The molecule has 37 nitrogen and oxygen atoms in total. The Bertz CT molecular complexity index is 4840. The number of carbonyl (C=O) groups is 13. The first kappa shape index (κ1) is 112. The molecule has 4 aromatic carbocycles. The molecule has 0 saturated heterocycles. The predicted molar refractivity (Wildman–Crippen MR) is 508 cm³/mol. The summed E-state index contributed by atoms with van der Waals surface area (Å²) in [6.45, 7) is 22.6. The number of unbranched alkanes of at least 4 members (excludes halogenated alkanes) is 2. The summed E-state index contributed by atoms with van der Waals surface area (Å²) in [5, 5.41) is 29.8. The SMILES string of the molecule is COCCOCCC(=O)C[C@@H](C(=O)N[C@H](C)C(=O)Cc1ccc(COC(=O)N2c3cc(OCCCCCOc4cc5c(cc4OC)C(=O)N4C=C(C)C[C@H]4[C@H](O)N5C(=O)OCc4ccc(CC(=O)[C@@H](C)NC(=O)[C@H](CC(=O)CCOCCOCCOCCOCCOCCOCCOCCOCCCC(=O)CCN5C(=O)C=CC5=O)C(C)C)cc4)c(C)cc3C(=O)N3C=C(C)C[C@H]3[C@@H]2O)cc1)C(C)C. The summed E-state index contributed by atoms with van der Waals surface area (Å²) in [6.07, 6.45) is 3.98. The van der Waals surface area contributed by atoms with Crippen LogP contribution in [-0.4, -0.2) is 298 Å². The van der Waals surface area contributed by atoms with Gasteiger partial charge in [-0.3, -0.25) is 57.6 Å². The minimum atomic E-state index is -1.58. The Balaban J connectivity index is 0.651. The number of aryl methyl sites for hydroxylation is 1. The molecular weight excluding hydrogens is 1800 g/mol. The van der Waals surface area contributed by atoms with E-state index in [1.807, 2.05) is 41.5 Å². The van der Waals surface area contributed by atoms with E-state index in [-0.39, 0.29) is 191 Å². The van der Waals surface area contributed by atoms with Gasteiger partial charge in [0.05, 0.1) is 186 Å². The van der Waals surface area contributed by atoms with Gasteiger partial charge in [-0.05, 0) is 125 Å². The fraction of sp³-hybridized carbons (Fsp3) is 0.578. The minimum Gasteiger partial charge on any atom is -0.493 e. The molecule has 0 spiro atoms. The van der Waals surface area contributed by atoms with Crippen LogP contribution in [0, 0.1) is 30.6 Å². The second-order valence-electron chi connectivity index (χ2n) is 35.6. The molecule has 5 heterocycles. The molecule has 4 N–H and O–H groups in total. The number of benzene rings is 4. The van der Waals surface area contributed by atoms with Gasteiger partial charge in [-0.1, -0.05) is 87.4 Å². The Morgan fingerprint density at radius 1 is 0.410 bits per heavy atom. The maximum Gasteiger partial charge on any atom is 0.416 e. The molecule has 0 aliphatic carbocycles. The van der Waals surface area contributed by atoms with Crippen molar-refractivity contribution in [2.24, 2.45) is 23.7 Å². The first-order chi connectivity index (χ1) is 66.8. The van der Waals surface area contributed by atoms with Crippen molar-refractivity contribution in [3.63, 3.8) is 0 Å². The Labute approximate surface area is 812 Å². The number of aliphatic hydroxyl groups is 2. The summed E-state index contributed by atoms with van der Waals surface area (Å²) in [4.78, 5) is 179. The Hall–Kier alpha value is -11.1. The Morgan fingerprint density at radius 2 is 0.784 bits per heavy atom. The van der Waals surface area contributed by atoms with Gasteiger partial charge in [0.25, 0.3) is 23.6 Å². The molecule has 0 aromatic heterocycles. The maximum absolute atomic E-state index is 14.5. The lowest BCUT2D eigenvalue weighted by Crippen LogP contribution is -2.50. The number of methoxy groups -OCH3 is 2. The summed E-state index contributed by atoms with van der Waals surface area (Å²) >= 11 is 0. The summed E-state index contributed by atoms with van der Waals surface area (Å²) in [5.74, 6) is -4.35. The van der Waals surface area contributed by atoms with E-state index in [9.17, 15) is 72.5 Å². The lowest BCUT2D eigenvalue weighted by Gasteiger charge is -2.31. The van der Waals surface area contributed by atoms with E-state index in [1.54, 1.807) is 101 Å². The lowest BCUT2D eigenvalue weighted by molar-refractivity contribution is -0.137. The van der Waals surface area contributed by atoms with E-state index >= 15 is 0 Å². The zero-order valence-electron chi connectivity index (χ0n) is 81.9. The number of Topliss-reactive ketones (excluding diaryl/α,β-unsaturated/α-hetero) is 5. The fourth-order valence-corrected chi connectivity index (χ4v) is 16.1. The number of anilines is 2. The van der Waals surface area contributed by atoms with Crippen LogP contribution in [0.2, 0.25) is 0 Å². The molecule has 9 rings (SSSR count). The van der Waals surface area contributed by atoms with E-state index < -0.39 is 90.2 Å². The molecule has 0 unspecified atom stereocenters. The van der Waals surface area contributed by atoms with Crippen LogP contribution in [0.25, 0.3) is 0 Å². The van der Waals surface area contributed by atoms with E-state index in [2.05, 4.69) is 10.6 Å². The number of carbonyl (C=O) groups excluding carboxylic acids is 13. The number of amides is 8. The number of rotatable bonds is 66. The van der Waals surface area contributed by atoms with Crippen molar-refractivity contribution in [3.05, 3.63) is 147 Å². The Morgan fingerprint density at radius 3 is 1.19 bits per heavy atom. The monoisotopic (exact) mass is 1940 g/mol. The third-order valence-corrected chi connectivity index (χ3v) is 24.2. The Kier molecular flexibility index (Phi) is 46.7. The third-order valence-electron chi connectivity index (χ3n) is 24.2. The molecule has 0 radical (unpaired) electrons. The molecule has 0 bridgehead atoms. The van der Waals surface area contributed by atoms with Gasteiger partial charge in [0, 0.05) is 120 Å². The second kappa shape index (κ2) is 58.2. The molecule has 0 fully saturated rings. The zero-order valence-corrected chi connectivity index (χ0v) is 81.9. The highest BCUT2D eigenvalue weighted by atomic mass is 16.6. The molecule has 139 heavy (non-hydrogen) atoms. The molecule has 5 aliphatic heterocycles. The van der Waals surface area contributed by atoms with Crippen LogP contribution in [0.4, 0.5) is 21.0 Å². The number of aliphatic hydroxyl groups excluding tert-OH is 2. The predicted octanol–water partition coefficient (Wildman–Crippen LogP) is 9.75. The van der Waals surface area contributed by atoms with Crippen molar-refractivity contribution in [2.45, 2.75) is 202 Å². The van der Waals surface area contributed by atoms with Crippen LogP contribution in [0.1, 0.15) is 181 Å². The van der Waals surface area contributed by atoms with Crippen LogP contribution < -0.4 is 34.6 Å². The maximum atomic E-state index is 14.5. The number of nitrogens with zero attached hydrogens (tertiary/aromatic N) is 5. The number of imide groups is 1. The molecule has 8 amide bonds. The highest BCUT2D eigenvalue weighted by Gasteiger charge is 2.48. The summed E-state index contributed by atoms with van der Waals surface area (Å²) in [7, 11) is 2.97. The van der Waals surface area contributed by atoms with E-state index in [0.717, 1.165) is 25.8 Å².